The van der Waals surface area contributed by atoms with E-state index in [1.807, 2.05) is 6.07 Å². The Hall–Kier alpha value is -0.410. The monoisotopic (exact) mass is 271 g/mol. The minimum atomic E-state index is -0.124. The van der Waals surface area contributed by atoms with Gasteiger partial charge in [-0.2, -0.15) is 0 Å². The summed E-state index contributed by atoms with van der Waals surface area (Å²) in [4.78, 5) is 0. The Morgan fingerprint density at radius 3 is 2.73 bits per heavy atom. The van der Waals surface area contributed by atoms with Crippen molar-refractivity contribution in [2.24, 2.45) is 5.73 Å². The first-order valence-electron chi connectivity index (χ1n) is 5.39. The normalized spacial score (nSPS) is 26.6. The van der Waals surface area contributed by atoms with Crippen LogP contribution in [0.5, 0.6) is 0 Å². The van der Waals surface area contributed by atoms with Crippen molar-refractivity contribution in [2.45, 2.75) is 37.6 Å². The molecule has 1 aliphatic rings. The van der Waals surface area contributed by atoms with Gasteiger partial charge in [-0.05, 0) is 36.6 Å². The predicted octanol–water partition coefficient (Wildman–Crippen LogP) is 3.57. The maximum atomic E-state index is 13.7. The first-order chi connectivity index (χ1) is 7.18. The molecule has 82 valence electrons. The van der Waals surface area contributed by atoms with Crippen molar-refractivity contribution in [3.05, 3.63) is 34.1 Å². The lowest BCUT2D eigenvalue weighted by Crippen LogP contribution is -2.31. The first-order valence-corrected chi connectivity index (χ1v) is 6.18. The minimum absolute atomic E-state index is 0.113. The highest BCUT2D eigenvalue weighted by Crippen LogP contribution is 2.34. The molecule has 1 nitrogen and oxygen atoms in total. The molecule has 0 radical (unpaired) electrons. The summed E-state index contributed by atoms with van der Waals surface area (Å²) in [5, 5.41) is 0. The second kappa shape index (κ2) is 4.62. The number of benzene rings is 1. The fourth-order valence-electron chi connectivity index (χ4n) is 2.34. The Bertz CT molecular complexity index is 353. The van der Waals surface area contributed by atoms with Crippen molar-refractivity contribution < 1.29 is 4.39 Å². The Labute approximate surface area is 98.0 Å². The van der Waals surface area contributed by atoms with Gasteiger partial charge >= 0.3 is 0 Å². The van der Waals surface area contributed by atoms with E-state index in [2.05, 4.69) is 15.9 Å². The highest BCUT2D eigenvalue weighted by molar-refractivity contribution is 9.10. The summed E-state index contributed by atoms with van der Waals surface area (Å²) in [5.41, 5.74) is 6.82. The molecule has 1 aliphatic carbocycles. The Morgan fingerprint density at radius 2 is 2.00 bits per heavy atom. The Kier molecular flexibility index (Phi) is 3.42. The van der Waals surface area contributed by atoms with Crippen LogP contribution in [0, 0.1) is 5.82 Å². The zero-order chi connectivity index (χ0) is 10.8. The van der Waals surface area contributed by atoms with Crippen molar-refractivity contribution in [3.63, 3.8) is 0 Å². The van der Waals surface area contributed by atoms with Gasteiger partial charge in [0.05, 0.1) is 0 Å². The third-order valence-electron chi connectivity index (χ3n) is 3.18. The average molecular weight is 272 g/mol. The quantitative estimate of drug-likeness (QED) is 0.831. The van der Waals surface area contributed by atoms with Gasteiger partial charge < -0.3 is 5.73 Å². The van der Waals surface area contributed by atoms with Crippen LogP contribution in [0.4, 0.5) is 4.39 Å². The van der Waals surface area contributed by atoms with Crippen LogP contribution in [0.3, 0.4) is 0 Å². The van der Waals surface area contributed by atoms with E-state index in [0.29, 0.717) is 0 Å². The molecule has 2 unspecified atom stereocenters. The molecule has 3 heteroatoms. The number of nitrogens with two attached hydrogens (primary N) is 1. The minimum Gasteiger partial charge on any atom is -0.327 e. The molecule has 1 aromatic carbocycles. The molecule has 0 amide bonds. The Balaban J connectivity index is 2.30. The lowest BCUT2D eigenvalue weighted by Gasteiger charge is -2.29. The molecule has 15 heavy (non-hydrogen) atoms. The first kappa shape index (κ1) is 11.1. The van der Waals surface area contributed by atoms with E-state index in [0.717, 1.165) is 29.3 Å². The second-order valence-corrected chi connectivity index (χ2v) is 5.14. The standard InChI is InChI=1S/C12H15BrFN/c13-8-5-6-11(14)10(7-8)9-3-1-2-4-12(9)15/h5-7,9,12H,1-4,15H2. The smallest absolute Gasteiger partial charge is 0.126 e. The van der Waals surface area contributed by atoms with Crippen LogP contribution in [0.25, 0.3) is 0 Å². The average Bonchev–Trinajstić information content (AvgIpc) is 2.23. The molecule has 0 bridgehead atoms. The van der Waals surface area contributed by atoms with Crippen molar-refractivity contribution in [1.82, 2.24) is 0 Å². The van der Waals surface area contributed by atoms with Gasteiger partial charge in [0.1, 0.15) is 5.82 Å². The van der Waals surface area contributed by atoms with Crippen LogP contribution >= 0.6 is 15.9 Å². The highest BCUT2D eigenvalue weighted by Gasteiger charge is 2.25. The van der Waals surface area contributed by atoms with Gasteiger partial charge in [0.2, 0.25) is 0 Å². The van der Waals surface area contributed by atoms with Gasteiger partial charge in [-0.15, -0.1) is 0 Å². The largest absolute Gasteiger partial charge is 0.327 e. The van der Waals surface area contributed by atoms with Crippen LogP contribution in [-0.4, -0.2) is 6.04 Å². The maximum absolute atomic E-state index is 13.7. The number of hydrogen-bond acceptors (Lipinski definition) is 1. The van der Waals surface area contributed by atoms with Crippen LogP contribution in [0.1, 0.15) is 37.2 Å². The van der Waals surface area contributed by atoms with Crippen LogP contribution < -0.4 is 5.73 Å². The van der Waals surface area contributed by atoms with Gasteiger partial charge in [0, 0.05) is 16.4 Å². The van der Waals surface area contributed by atoms with E-state index in [9.17, 15) is 4.39 Å². The molecule has 1 saturated carbocycles. The molecule has 2 atom stereocenters. The summed E-state index contributed by atoms with van der Waals surface area (Å²) in [6.07, 6.45) is 4.35. The molecule has 0 aromatic heterocycles. The van der Waals surface area contributed by atoms with Gasteiger partial charge in [-0.1, -0.05) is 28.8 Å². The number of rotatable bonds is 1. The number of hydrogen-bond donors (Lipinski definition) is 1. The molecular formula is C12H15BrFN. The van der Waals surface area contributed by atoms with Crippen molar-refractivity contribution >= 4 is 15.9 Å². The van der Waals surface area contributed by atoms with Gasteiger partial charge in [-0.25, -0.2) is 4.39 Å². The molecule has 0 aliphatic heterocycles. The van der Waals surface area contributed by atoms with Crippen molar-refractivity contribution in [3.8, 4) is 0 Å². The van der Waals surface area contributed by atoms with E-state index in [1.54, 1.807) is 6.07 Å². The summed E-state index contributed by atoms with van der Waals surface area (Å²) in [6.45, 7) is 0. The fraction of sp³-hybridized carbons (Fsp3) is 0.500. The fourth-order valence-corrected chi connectivity index (χ4v) is 2.72. The topological polar surface area (TPSA) is 26.0 Å². The third-order valence-corrected chi connectivity index (χ3v) is 3.67. The van der Waals surface area contributed by atoms with Gasteiger partial charge in [0.15, 0.2) is 0 Å². The molecule has 1 fully saturated rings. The zero-order valence-corrected chi connectivity index (χ0v) is 10.1. The molecule has 2 rings (SSSR count). The second-order valence-electron chi connectivity index (χ2n) is 4.22. The van der Waals surface area contributed by atoms with E-state index in [4.69, 9.17) is 5.73 Å². The van der Waals surface area contributed by atoms with E-state index >= 15 is 0 Å². The summed E-state index contributed by atoms with van der Waals surface area (Å²) in [6, 6.07) is 5.22. The summed E-state index contributed by atoms with van der Waals surface area (Å²) >= 11 is 3.38. The van der Waals surface area contributed by atoms with E-state index < -0.39 is 0 Å². The van der Waals surface area contributed by atoms with Gasteiger partial charge in [0.25, 0.3) is 0 Å². The predicted molar refractivity (Wildman–Crippen MR) is 63.3 cm³/mol. The zero-order valence-electron chi connectivity index (χ0n) is 8.55. The third kappa shape index (κ3) is 2.40. The lowest BCUT2D eigenvalue weighted by atomic mass is 9.80. The van der Waals surface area contributed by atoms with Crippen LogP contribution in [-0.2, 0) is 0 Å². The number of halogens is 2. The summed E-state index contributed by atoms with van der Waals surface area (Å²) < 4.78 is 14.6. The maximum Gasteiger partial charge on any atom is 0.126 e. The van der Waals surface area contributed by atoms with Crippen LogP contribution in [0.15, 0.2) is 22.7 Å². The molecule has 0 saturated heterocycles. The molecule has 0 heterocycles. The van der Waals surface area contributed by atoms with Crippen LogP contribution in [0.2, 0.25) is 0 Å². The molecule has 1 aromatic rings. The molecule has 2 N–H and O–H groups in total. The molecular weight excluding hydrogens is 257 g/mol. The summed E-state index contributed by atoms with van der Waals surface area (Å²) in [5.74, 6) is 0.0665. The Morgan fingerprint density at radius 1 is 1.27 bits per heavy atom. The molecule has 0 spiro atoms. The summed E-state index contributed by atoms with van der Waals surface area (Å²) in [7, 11) is 0. The van der Waals surface area contributed by atoms with Crippen molar-refractivity contribution in [1.29, 1.82) is 0 Å². The van der Waals surface area contributed by atoms with E-state index in [-0.39, 0.29) is 17.8 Å². The van der Waals surface area contributed by atoms with Gasteiger partial charge in [-0.3, -0.25) is 0 Å². The van der Waals surface area contributed by atoms with Crippen molar-refractivity contribution in [2.75, 3.05) is 0 Å². The SMILES string of the molecule is NC1CCCCC1c1cc(Br)ccc1F. The van der Waals surface area contributed by atoms with E-state index in [1.165, 1.54) is 12.5 Å². The lowest BCUT2D eigenvalue weighted by molar-refractivity contribution is 0.376. The highest BCUT2D eigenvalue weighted by atomic mass is 79.9.